The summed E-state index contributed by atoms with van der Waals surface area (Å²) in [5.74, 6) is -2.80. The molecule has 0 aliphatic carbocycles. The maximum atomic E-state index is 11.8. The molecule has 0 bridgehead atoms. The van der Waals surface area contributed by atoms with E-state index in [1.165, 1.54) is 0 Å². The molecule has 0 aliphatic rings. The fourth-order valence-electron chi connectivity index (χ4n) is 2.80. The monoisotopic (exact) mass is 319 g/mol. The Bertz CT molecular complexity index is 948. The molecule has 120 valence electrons. The molecule has 0 unspecified atom stereocenters. The van der Waals surface area contributed by atoms with E-state index in [0.29, 0.717) is 22.2 Å². The van der Waals surface area contributed by atoms with Crippen LogP contribution in [0.1, 0.15) is 21.5 Å². The van der Waals surface area contributed by atoms with Gasteiger partial charge in [0.15, 0.2) is 0 Å². The summed E-state index contributed by atoms with van der Waals surface area (Å²) in [5.41, 5.74) is 2.22. The zero-order valence-corrected chi connectivity index (χ0v) is 12.9. The maximum Gasteiger partial charge on any atom is 0.0752 e. The lowest BCUT2D eigenvalue weighted by atomic mass is 9.94. The van der Waals surface area contributed by atoms with E-state index in [9.17, 15) is 19.8 Å². The highest BCUT2D eigenvalue weighted by Crippen LogP contribution is 2.30. The molecule has 24 heavy (non-hydrogen) atoms. The lowest BCUT2D eigenvalue weighted by molar-refractivity contribution is -0.304. The molecule has 0 saturated carbocycles. The van der Waals surface area contributed by atoms with E-state index in [2.05, 4.69) is 4.98 Å². The lowest BCUT2D eigenvalue weighted by Gasteiger charge is -2.19. The number of carboxylic acids is 2. The van der Waals surface area contributed by atoms with Crippen molar-refractivity contribution in [3.8, 4) is 11.3 Å². The first-order valence-electron chi connectivity index (χ1n) is 7.37. The van der Waals surface area contributed by atoms with E-state index < -0.39 is 18.4 Å². The van der Waals surface area contributed by atoms with Gasteiger partial charge in [-0.15, -0.1) is 0 Å². The number of pyridine rings is 1. The van der Waals surface area contributed by atoms with Crippen LogP contribution >= 0.6 is 0 Å². The quantitative estimate of drug-likeness (QED) is 0.711. The average Bonchev–Trinajstić information content (AvgIpc) is 2.54. The van der Waals surface area contributed by atoms with Crippen LogP contribution in [-0.2, 0) is 11.2 Å². The molecule has 0 atom stereocenters. The van der Waals surface area contributed by atoms with E-state index in [-0.39, 0.29) is 11.1 Å². The van der Waals surface area contributed by atoms with Crippen molar-refractivity contribution in [3.63, 3.8) is 0 Å². The molecular weight excluding hydrogens is 306 g/mol. The fraction of sp³-hybridized carbons (Fsp3) is 0.105. The third-order valence-electron chi connectivity index (χ3n) is 3.81. The first-order valence-corrected chi connectivity index (χ1v) is 7.37. The number of aromatic carboxylic acids is 1. The van der Waals surface area contributed by atoms with Gasteiger partial charge in [-0.1, -0.05) is 42.0 Å². The molecule has 1 heterocycles. The summed E-state index contributed by atoms with van der Waals surface area (Å²) in [4.78, 5) is 27.4. The van der Waals surface area contributed by atoms with Gasteiger partial charge in [-0.2, -0.15) is 0 Å². The third kappa shape index (κ3) is 2.84. The second-order valence-electron chi connectivity index (χ2n) is 5.54. The number of nitrogens with zero attached hydrogens (tertiary/aromatic N) is 1. The SMILES string of the molecule is Cc1ccc2nc(-c3ccccc3)c(CC(=O)[O-])c(C(=O)[O-])c2c1. The van der Waals surface area contributed by atoms with Gasteiger partial charge in [0.1, 0.15) is 0 Å². The number of carbonyl (C=O) groups is 2. The summed E-state index contributed by atoms with van der Waals surface area (Å²) in [6.45, 7) is 1.82. The van der Waals surface area contributed by atoms with Gasteiger partial charge in [0, 0.05) is 28.9 Å². The predicted octanol–water partition coefficient (Wildman–Crippen LogP) is 0.866. The molecule has 2 aromatic carbocycles. The van der Waals surface area contributed by atoms with Gasteiger partial charge < -0.3 is 19.8 Å². The highest BCUT2D eigenvalue weighted by molar-refractivity contribution is 6.05. The van der Waals surface area contributed by atoms with Gasteiger partial charge in [-0.3, -0.25) is 0 Å². The standard InChI is InChI=1S/C19H15NO4/c1-11-7-8-15-13(9-11)17(19(23)24)14(10-16(21)22)18(20-15)12-5-3-2-4-6-12/h2-9H,10H2,1H3,(H,21,22)(H,23,24)/p-2. The molecule has 0 N–H and O–H groups in total. The van der Waals surface area contributed by atoms with E-state index in [1.807, 2.05) is 19.1 Å². The summed E-state index contributed by atoms with van der Waals surface area (Å²) >= 11 is 0. The number of carboxylic acid groups (broad SMARTS) is 2. The summed E-state index contributed by atoms with van der Waals surface area (Å²) in [7, 11) is 0. The van der Waals surface area contributed by atoms with Crippen LogP contribution in [-0.4, -0.2) is 16.9 Å². The van der Waals surface area contributed by atoms with E-state index in [0.717, 1.165) is 5.56 Å². The van der Waals surface area contributed by atoms with Crippen LogP contribution in [0.2, 0.25) is 0 Å². The van der Waals surface area contributed by atoms with Gasteiger partial charge in [0.2, 0.25) is 0 Å². The number of carbonyl (C=O) groups excluding carboxylic acids is 2. The van der Waals surface area contributed by atoms with Crippen LogP contribution in [0.25, 0.3) is 22.2 Å². The van der Waals surface area contributed by atoms with Gasteiger partial charge >= 0.3 is 0 Å². The van der Waals surface area contributed by atoms with Crippen molar-refractivity contribution in [2.75, 3.05) is 0 Å². The van der Waals surface area contributed by atoms with Crippen molar-refractivity contribution < 1.29 is 19.8 Å². The number of fused-ring (bicyclic) bond motifs is 1. The molecule has 1 aromatic heterocycles. The normalized spacial score (nSPS) is 10.7. The van der Waals surface area contributed by atoms with Gasteiger partial charge in [-0.05, 0) is 24.6 Å². The minimum absolute atomic E-state index is 0.0966. The lowest BCUT2D eigenvalue weighted by Crippen LogP contribution is -2.29. The van der Waals surface area contributed by atoms with E-state index in [4.69, 9.17) is 0 Å². The Balaban J connectivity index is 2.44. The van der Waals surface area contributed by atoms with E-state index in [1.54, 1.807) is 36.4 Å². The van der Waals surface area contributed by atoms with Gasteiger partial charge in [-0.25, -0.2) is 4.98 Å². The summed E-state index contributed by atoms with van der Waals surface area (Å²) in [6.07, 6.45) is -0.551. The van der Waals surface area contributed by atoms with Crippen LogP contribution in [0.4, 0.5) is 0 Å². The molecule has 0 spiro atoms. The molecule has 0 saturated heterocycles. The summed E-state index contributed by atoms with van der Waals surface area (Å²) < 4.78 is 0. The van der Waals surface area contributed by atoms with Crippen LogP contribution < -0.4 is 10.2 Å². The molecular formula is C19H13NO4-2. The molecule has 3 rings (SSSR count). The Morgan fingerprint density at radius 1 is 1.04 bits per heavy atom. The molecule has 5 heteroatoms. The van der Waals surface area contributed by atoms with Crippen LogP contribution in [0.3, 0.4) is 0 Å². The Morgan fingerprint density at radius 3 is 2.38 bits per heavy atom. The van der Waals surface area contributed by atoms with Crippen LogP contribution in [0.15, 0.2) is 48.5 Å². The maximum absolute atomic E-state index is 11.8. The number of aromatic nitrogens is 1. The Hall–Kier alpha value is -3.21. The van der Waals surface area contributed by atoms with Crippen LogP contribution in [0.5, 0.6) is 0 Å². The smallest absolute Gasteiger partial charge is 0.0752 e. The van der Waals surface area contributed by atoms with Crippen LogP contribution in [0, 0.1) is 6.92 Å². The van der Waals surface area contributed by atoms with E-state index >= 15 is 0 Å². The topological polar surface area (TPSA) is 93.2 Å². The predicted molar refractivity (Wildman–Crippen MR) is 85.0 cm³/mol. The number of aryl methyl sites for hydroxylation is 1. The zero-order valence-electron chi connectivity index (χ0n) is 12.9. The fourth-order valence-corrected chi connectivity index (χ4v) is 2.80. The van der Waals surface area contributed by atoms with Crippen molar-refractivity contribution in [2.45, 2.75) is 13.3 Å². The number of benzene rings is 2. The summed E-state index contributed by atoms with van der Waals surface area (Å²) in [6, 6.07) is 14.1. The minimum Gasteiger partial charge on any atom is -0.550 e. The van der Waals surface area contributed by atoms with Crippen molar-refractivity contribution >= 4 is 22.8 Å². The second kappa shape index (κ2) is 6.12. The first kappa shape index (κ1) is 15.7. The molecule has 5 nitrogen and oxygen atoms in total. The Labute approximate surface area is 138 Å². The van der Waals surface area contributed by atoms with Gasteiger partial charge in [0.05, 0.1) is 17.2 Å². The summed E-state index contributed by atoms with van der Waals surface area (Å²) in [5, 5.41) is 23.3. The van der Waals surface area contributed by atoms with Crippen molar-refractivity contribution in [2.24, 2.45) is 0 Å². The first-order chi connectivity index (χ1) is 11.5. The van der Waals surface area contributed by atoms with Gasteiger partial charge in [0.25, 0.3) is 0 Å². The third-order valence-corrected chi connectivity index (χ3v) is 3.81. The highest BCUT2D eigenvalue weighted by atomic mass is 16.4. The number of hydrogen-bond donors (Lipinski definition) is 0. The number of hydrogen-bond acceptors (Lipinski definition) is 5. The Kier molecular flexibility index (Phi) is 4.00. The highest BCUT2D eigenvalue weighted by Gasteiger charge is 2.17. The van der Waals surface area contributed by atoms with Crippen molar-refractivity contribution in [3.05, 3.63) is 65.2 Å². The largest absolute Gasteiger partial charge is 0.550 e. The molecule has 0 aliphatic heterocycles. The molecule has 0 fully saturated rings. The van der Waals surface area contributed by atoms with Crippen molar-refractivity contribution in [1.82, 2.24) is 4.98 Å². The molecule has 0 amide bonds. The number of rotatable bonds is 4. The zero-order chi connectivity index (χ0) is 17.3. The minimum atomic E-state index is -1.43. The van der Waals surface area contributed by atoms with Crippen molar-refractivity contribution in [1.29, 1.82) is 0 Å². The number of aliphatic carboxylic acids is 1. The average molecular weight is 319 g/mol. The Morgan fingerprint density at radius 2 is 1.75 bits per heavy atom. The molecule has 3 aromatic rings. The second-order valence-corrected chi connectivity index (χ2v) is 5.54. The molecule has 0 radical (unpaired) electrons.